The molecule has 0 aromatic heterocycles. The van der Waals surface area contributed by atoms with Crippen LogP contribution < -0.4 is 21.5 Å². The number of anilines is 1. The maximum atomic E-state index is 12.4. The maximum absolute atomic E-state index is 12.4. The summed E-state index contributed by atoms with van der Waals surface area (Å²) in [6.07, 6.45) is 0.160. The Balaban J connectivity index is 1.90. The van der Waals surface area contributed by atoms with Gasteiger partial charge in [0.15, 0.2) is 0 Å². The standard InChI is InChI=1S/C19H23N3O3/c1-13(18(21)14-5-3-2-4-6-14)19(24)22-15-7-9-16(10-8-15)25-12-11-17(20)23/h2-10,13,18H,11-12,21H2,1H3,(H2,20,23)(H,22,24). The molecule has 0 fully saturated rings. The van der Waals surface area contributed by atoms with Crippen LogP contribution in [0.5, 0.6) is 5.75 Å². The fourth-order valence-electron chi connectivity index (χ4n) is 2.29. The zero-order valence-electron chi connectivity index (χ0n) is 14.1. The first kappa shape index (κ1) is 18.5. The van der Waals surface area contributed by atoms with Crippen molar-refractivity contribution in [1.82, 2.24) is 0 Å². The fourth-order valence-corrected chi connectivity index (χ4v) is 2.29. The molecule has 2 aromatic rings. The highest BCUT2D eigenvalue weighted by molar-refractivity contribution is 5.92. The highest BCUT2D eigenvalue weighted by Crippen LogP contribution is 2.22. The van der Waals surface area contributed by atoms with E-state index in [0.717, 1.165) is 5.56 Å². The number of ether oxygens (including phenoxy) is 1. The van der Waals surface area contributed by atoms with Crippen LogP contribution in [-0.4, -0.2) is 18.4 Å². The molecule has 0 spiro atoms. The molecule has 2 unspecified atom stereocenters. The van der Waals surface area contributed by atoms with Crippen molar-refractivity contribution in [2.45, 2.75) is 19.4 Å². The van der Waals surface area contributed by atoms with E-state index >= 15 is 0 Å². The van der Waals surface area contributed by atoms with Crippen molar-refractivity contribution < 1.29 is 14.3 Å². The highest BCUT2D eigenvalue weighted by Gasteiger charge is 2.22. The molecule has 0 radical (unpaired) electrons. The topological polar surface area (TPSA) is 107 Å². The molecule has 0 heterocycles. The Morgan fingerprint density at radius 1 is 1.08 bits per heavy atom. The molecule has 0 saturated heterocycles. The minimum atomic E-state index is -0.410. The quantitative estimate of drug-likeness (QED) is 0.684. The van der Waals surface area contributed by atoms with E-state index in [1.165, 1.54) is 0 Å². The van der Waals surface area contributed by atoms with Crippen molar-refractivity contribution in [3.63, 3.8) is 0 Å². The molecule has 0 bridgehead atoms. The van der Waals surface area contributed by atoms with Crippen LogP contribution in [0.25, 0.3) is 0 Å². The van der Waals surface area contributed by atoms with Gasteiger partial charge in [0.05, 0.1) is 18.9 Å². The first-order valence-corrected chi connectivity index (χ1v) is 8.10. The smallest absolute Gasteiger partial charge is 0.229 e. The average Bonchev–Trinajstić information content (AvgIpc) is 2.62. The second kappa shape index (κ2) is 8.84. The SMILES string of the molecule is CC(C(=O)Nc1ccc(OCCC(N)=O)cc1)C(N)c1ccccc1. The molecule has 2 rings (SSSR count). The van der Waals surface area contributed by atoms with Crippen LogP contribution in [0.2, 0.25) is 0 Å². The Morgan fingerprint density at radius 2 is 1.72 bits per heavy atom. The minimum absolute atomic E-state index is 0.154. The Labute approximate surface area is 147 Å². The molecule has 2 aromatic carbocycles. The molecule has 0 aliphatic rings. The predicted octanol–water partition coefficient (Wildman–Crippen LogP) is 2.22. The third-order valence-corrected chi connectivity index (χ3v) is 3.88. The first-order valence-electron chi connectivity index (χ1n) is 8.10. The second-order valence-corrected chi connectivity index (χ2v) is 5.80. The summed E-state index contributed by atoms with van der Waals surface area (Å²) in [7, 11) is 0. The van der Waals surface area contributed by atoms with E-state index in [1.54, 1.807) is 31.2 Å². The van der Waals surface area contributed by atoms with E-state index in [2.05, 4.69) is 5.32 Å². The summed E-state index contributed by atoms with van der Waals surface area (Å²) < 4.78 is 5.39. The summed E-state index contributed by atoms with van der Waals surface area (Å²) in [5, 5.41) is 2.85. The van der Waals surface area contributed by atoms with Gasteiger partial charge in [0.2, 0.25) is 11.8 Å². The molecule has 6 nitrogen and oxygen atoms in total. The summed E-state index contributed by atoms with van der Waals surface area (Å²) in [4.78, 5) is 23.1. The van der Waals surface area contributed by atoms with Crippen LogP contribution in [0.3, 0.4) is 0 Å². The first-order chi connectivity index (χ1) is 12.0. The van der Waals surface area contributed by atoms with Crippen LogP contribution in [-0.2, 0) is 9.59 Å². The predicted molar refractivity (Wildman–Crippen MR) is 96.9 cm³/mol. The number of hydrogen-bond acceptors (Lipinski definition) is 4. The molecule has 2 atom stereocenters. The number of nitrogens with one attached hydrogen (secondary N) is 1. The number of carbonyl (C=O) groups is 2. The zero-order valence-corrected chi connectivity index (χ0v) is 14.1. The van der Waals surface area contributed by atoms with E-state index in [-0.39, 0.29) is 30.9 Å². The molecule has 0 saturated carbocycles. The monoisotopic (exact) mass is 341 g/mol. The van der Waals surface area contributed by atoms with Crippen molar-refractivity contribution in [1.29, 1.82) is 0 Å². The summed E-state index contributed by atoms with van der Waals surface area (Å²) in [6.45, 7) is 2.03. The van der Waals surface area contributed by atoms with Gasteiger partial charge in [0.1, 0.15) is 5.75 Å². The van der Waals surface area contributed by atoms with Crippen LogP contribution in [0.1, 0.15) is 24.9 Å². The van der Waals surface area contributed by atoms with Crippen molar-refractivity contribution >= 4 is 17.5 Å². The third-order valence-electron chi connectivity index (χ3n) is 3.88. The number of nitrogens with two attached hydrogens (primary N) is 2. The van der Waals surface area contributed by atoms with Crippen molar-refractivity contribution in [2.24, 2.45) is 17.4 Å². The number of hydrogen-bond donors (Lipinski definition) is 3. The lowest BCUT2D eigenvalue weighted by atomic mass is 9.94. The molecule has 0 aliphatic heterocycles. The van der Waals surface area contributed by atoms with E-state index < -0.39 is 5.91 Å². The van der Waals surface area contributed by atoms with Crippen LogP contribution in [0.15, 0.2) is 54.6 Å². The van der Waals surface area contributed by atoms with E-state index in [9.17, 15) is 9.59 Å². The van der Waals surface area contributed by atoms with Gasteiger partial charge in [-0.25, -0.2) is 0 Å². The lowest BCUT2D eigenvalue weighted by molar-refractivity contribution is -0.120. The molecule has 0 aliphatic carbocycles. The van der Waals surface area contributed by atoms with Gasteiger partial charge < -0.3 is 21.5 Å². The second-order valence-electron chi connectivity index (χ2n) is 5.80. The molecule has 2 amide bonds. The zero-order chi connectivity index (χ0) is 18.2. The Kier molecular flexibility index (Phi) is 6.54. The number of benzene rings is 2. The third kappa shape index (κ3) is 5.61. The summed E-state index contributed by atoms with van der Waals surface area (Å²) in [5.41, 5.74) is 12.8. The number of amides is 2. The van der Waals surface area contributed by atoms with Gasteiger partial charge in [0.25, 0.3) is 0 Å². The molecular formula is C19H23N3O3. The summed E-state index contributed by atoms with van der Waals surface area (Å²) >= 11 is 0. The number of rotatable bonds is 8. The van der Waals surface area contributed by atoms with Gasteiger partial charge in [0, 0.05) is 11.7 Å². The average molecular weight is 341 g/mol. The Morgan fingerprint density at radius 3 is 2.32 bits per heavy atom. The van der Waals surface area contributed by atoms with Crippen LogP contribution in [0.4, 0.5) is 5.69 Å². The Bertz CT molecular complexity index is 702. The van der Waals surface area contributed by atoms with Crippen molar-refractivity contribution in [3.05, 3.63) is 60.2 Å². The summed E-state index contributed by atoms with van der Waals surface area (Å²) in [5.74, 6) is -0.339. The van der Waals surface area contributed by atoms with Gasteiger partial charge in [-0.15, -0.1) is 0 Å². The molecule has 132 valence electrons. The number of carbonyl (C=O) groups excluding carboxylic acids is 2. The lowest BCUT2D eigenvalue weighted by Crippen LogP contribution is -2.30. The van der Waals surface area contributed by atoms with Gasteiger partial charge in [-0.2, -0.15) is 0 Å². The Hall–Kier alpha value is -2.86. The van der Waals surface area contributed by atoms with Gasteiger partial charge in [-0.3, -0.25) is 9.59 Å². The fraction of sp³-hybridized carbons (Fsp3) is 0.263. The summed E-state index contributed by atoms with van der Waals surface area (Å²) in [6, 6.07) is 16.1. The highest BCUT2D eigenvalue weighted by atomic mass is 16.5. The number of primary amides is 1. The van der Waals surface area contributed by atoms with Crippen molar-refractivity contribution in [3.8, 4) is 5.75 Å². The minimum Gasteiger partial charge on any atom is -0.493 e. The van der Waals surface area contributed by atoms with E-state index in [0.29, 0.717) is 11.4 Å². The van der Waals surface area contributed by atoms with Crippen LogP contribution >= 0.6 is 0 Å². The van der Waals surface area contributed by atoms with Crippen LogP contribution in [0, 0.1) is 5.92 Å². The molecule has 6 heteroatoms. The van der Waals surface area contributed by atoms with Gasteiger partial charge in [-0.1, -0.05) is 37.3 Å². The largest absolute Gasteiger partial charge is 0.493 e. The van der Waals surface area contributed by atoms with Crippen molar-refractivity contribution in [2.75, 3.05) is 11.9 Å². The molecule has 25 heavy (non-hydrogen) atoms. The lowest BCUT2D eigenvalue weighted by Gasteiger charge is -2.20. The maximum Gasteiger partial charge on any atom is 0.229 e. The van der Waals surface area contributed by atoms with E-state index in [4.69, 9.17) is 16.2 Å². The van der Waals surface area contributed by atoms with E-state index in [1.807, 2.05) is 30.3 Å². The normalized spacial score (nSPS) is 12.9. The van der Waals surface area contributed by atoms with Gasteiger partial charge in [-0.05, 0) is 29.8 Å². The molecule has 5 N–H and O–H groups in total. The van der Waals surface area contributed by atoms with Gasteiger partial charge >= 0.3 is 0 Å². The molecular weight excluding hydrogens is 318 g/mol.